The Bertz CT molecular complexity index is 471. The number of halogens is 1. The fraction of sp³-hybridized carbons (Fsp3) is 0.667. The van der Waals surface area contributed by atoms with Gasteiger partial charge >= 0.3 is 0 Å². The van der Waals surface area contributed by atoms with Crippen LogP contribution in [-0.2, 0) is 0 Å². The largest absolute Gasteiger partial charge is 0.368 e. The van der Waals surface area contributed by atoms with E-state index in [0.29, 0.717) is 6.04 Å². The number of anilines is 1. The Morgan fingerprint density at radius 3 is 2.43 bits per heavy atom. The van der Waals surface area contributed by atoms with Crippen LogP contribution in [0.2, 0.25) is 0 Å². The average Bonchev–Trinajstić information content (AvgIpc) is 2.47. The van der Waals surface area contributed by atoms with Gasteiger partial charge in [0.05, 0.1) is 0 Å². The number of rotatable bonds is 2. The molecule has 21 heavy (non-hydrogen) atoms. The molecule has 2 fully saturated rings. The van der Waals surface area contributed by atoms with Crippen molar-refractivity contribution in [3.63, 3.8) is 0 Å². The van der Waals surface area contributed by atoms with Crippen molar-refractivity contribution in [1.29, 1.82) is 0 Å². The first kappa shape index (κ1) is 15.4. The molecule has 116 valence electrons. The highest BCUT2D eigenvalue weighted by atomic mass is 79.9. The fourth-order valence-corrected chi connectivity index (χ4v) is 4.92. The van der Waals surface area contributed by atoms with E-state index in [1.165, 1.54) is 59.9 Å². The van der Waals surface area contributed by atoms with Crippen LogP contribution < -0.4 is 10.2 Å². The van der Waals surface area contributed by atoms with Crippen LogP contribution in [0.5, 0.6) is 0 Å². The van der Waals surface area contributed by atoms with Gasteiger partial charge in [0.15, 0.2) is 0 Å². The molecule has 0 aromatic heterocycles. The summed E-state index contributed by atoms with van der Waals surface area (Å²) in [5, 5.41) is 3.79. The number of nitrogens with one attached hydrogen (secondary N) is 1. The lowest BCUT2D eigenvalue weighted by Gasteiger charge is -2.41. The number of hydrogen-bond acceptors (Lipinski definition) is 2. The molecule has 2 nitrogen and oxygen atoms in total. The fourth-order valence-electron chi connectivity index (χ4n) is 4.24. The molecular formula is C18H27BrN2. The minimum Gasteiger partial charge on any atom is -0.368 e. The van der Waals surface area contributed by atoms with E-state index < -0.39 is 0 Å². The number of piperazine rings is 1. The first-order valence-electron chi connectivity index (χ1n) is 8.40. The molecule has 1 aromatic rings. The molecule has 1 unspecified atom stereocenters. The minimum absolute atomic E-state index is 0.682. The molecule has 1 atom stereocenters. The van der Waals surface area contributed by atoms with E-state index in [0.717, 1.165) is 19.0 Å². The van der Waals surface area contributed by atoms with Crippen molar-refractivity contribution in [1.82, 2.24) is 5.32 Å². The maximum absolute atomic E-state index is 3.79. The normalized spacial score (nSPS) is 24.3. The lowest BCUT2D eigenvalue weighted by molar-refractivity contribution is 0.257. The van der Waals surface area contributed by atoms with Crippen LogP contribution in [0.4, 0.5) is 5.69 Å². The van der Waals surface area contributed by atoms with Gasteiger partial charge in [-0.3, -0.25) is 0 Å². The van der Waals surface area contributed by atoms with Crippen molar-refractivity contribution in [3.05, 3.63) is 27.7 Å². The summed E-state index contributed by atoms with van der Waals surface area (Å²) in [5.74, 6) is 0.887. The van der Waals surface area contributed by atoms with Crippen molar-refractivity contribution in [3.8, 4) is 0 Å². The Labute approximate surface area is 137 Å². The number of hydrogen-bond donors (Lipinski definition) is 1. The molecule has 1 aliphatic heterocycles. The first-order valence-corrected chi connectivity index (χ1v) is 9.19. The maximum Gasteiger partial charge on any atom is 0.0427 e. The van der Waals surface area contributed by atoms with Crippen LogP contribution in [0.15, 0.2) is 16.6 Å². The van der Waals surface area contributed by atoms with Gasteiger partial charge < -0.3 is 10.2 Å². The predicted molar refractivity (Wildman–Crippen MR) is 94.2 cm³/mol. The van der Waals surface area contributed by atoms with Crippen LogP contribution in [0.3, 0.4) is 0 Å². The molecule has 3 rings (SSSR count). The molecule has 2 aliphatic rings. The molecule has 1 aromatic carbocycles. The highest BCUT2D eigenvalue weighted by Crippen LogP contribution is 2.32. The van der Waals surface area contributed by atoms with Crippen LogP contribution in [-0.4, -0.2) is 25.7 Å². The second kappa shape index (κ2) is 6.70. The minimum atomic E-state index is 0.682. The van der Waals surface area contributed by atoms with E-state index in [9.17, 15) is 0 Å². The summed E-state index contributed by atoms with van der Waals surface area (Å²) in [4.78, 5) is 2.62. The van der Waals surface area contributed by atoms with Crippen LogP contribution in [0, 0.1) is 19.8 Å². The van der Waals surface area contributed by atoms with Gasteiger partial charge in [-0.25, -0.2) is 0 Å². The Morgan fingerprint density at radius 1 is 1.10 bits per heavy atom. The van der Waals surface area contributed by atoms with Gasteiger partial charge in [-0.15, -0.1) is 0 Å². The molecule has 1 aliphatic carbocycles. The molecule has 0 bridgehead atoms. The molecule has 0 radical (unpaired) electrons. The Kier molecular flexibility index (Phi) is 4.90. The Hall–Kier alpha value is -0.540. The summed E-state index contributed by atoms with van der Waals surface area (Å²) in [6.45, 7) is 7.91. The van der Waals surface area contributed by atoms with E-state index in [1.54, 1.807) is 0 Å². The quantitative estimate of drug-likeness (QED) is 0.848. The summed E-state index contributed by atoms with van der Waals surface area (Å²) in [6.07, 6.45) is 7.14. The van der Waals surface area contributed by atoms with Gasteiger partial charge in [0.1, 0.15) is 0 Å². The van der Waals surface area contributed by atoms with Crippen molar-refractivity contribution < 1.29 is 0 Å². The van der Waals surface area contributed by atoms with Crippen LogP contribution >= 0.6 is 15.9 Å². The van der Waals surface area contributed by atoms with E-state index >= 15 is 0 Å². The van der Waals surface area contributed by atoms with Crippen molar-refractivity contribution >= 4 is 21.6 Å². The second-order valence-corrected chi connectivity index (χ2v) is 7.71. The summed E-state index contributed by atoms with van der Waals surface area (Å²) in [5.41, 5.74) is 4.25. The molecule has 0 amide bonds. The standard InChI is InChI=1S/C18H27BrN2/c1-13-10-16(19)11-14(2)18(13)21-9-8-20-17(12-21)15-6-4-3-5-7-15/h10-11,15,17,20H,3-9,12H2,1-2H3. The SMILES string of the molecule is Cc1cc(Br)cc(C)c1N1CCNC(C2CCCCC2)C1. The van der Waals surface area contributed by atoms with Crippen LogP contribution in [0.1, 0.15) is 43.2 Å². The molecule has 1 heterocycles. The average molecular weight is 351 g/mol. The van der Waals surface area contributed by atoms with E-state index in [2.05, 4.69) is 52.1 Å². The van der Waals surface area contributed by atoms with Crippen LogP contribution in [0.25, 0.3) is 0 Å². The monoisotopic (exact) mass is 350 g/mol. The third-order valence-corrected chi connectivity index (χ3v) is 5.65. The first-order chi connectivity index (χ1) is 10.1. The summed E-state index contributed by atoms with van der Waals surface area (Å²) < 4.78 is 1.19. The van der Waals surface area contributed by atoms with Gasteiger partial charge in [-0.2, -0.15) is 0 Å². The predicted octanol–water partition coefficient (Wildman–Crippen LogP) is 4.42. The topological polar surface area (TPSA) is 15.3 Å². The Morgan fingerprint density at radius 2 is 1.76 bits per heavy atom. The molecular weight excluding hydrogens is 324 g/mol. The number of benzene rings is 1. The molecule has 3 heteroatoms. The van der Waals surface area contributed by atoms with Gasteiger partial charge in [0.25, 0.3) is 0 Å². The molecule has 1 N–H and O–H groups in total. The van der Waals surface area contributed by atoms with Crippen molar-refractivity contribution in [2.75, 3.05) is 24.5 Å². The van der Waals surface area contributed by atoms with E-state index in [1.807, 2.05) is 0 Å². The van der Waals surface area contributed by atoms with Crippen molar-refractivity contribution in [2.24, 2.45) is 5.92 Å². The number of nitrogens with zero attached hydrogens (tertiary/aromatic N) is 1. The summed E-state index contributed by atoms with van der Waals surface area (Å²) in [6, 6.07) is 5.18. The van der Waals surface area contributed by atoms with Gasteiger partial charge in [-0.05, 0) is 55.9 Å². The van der Waals surface area contributed by atoms with Gasteiger partial charge in [0.2, 0.25) is 0 Å². The van der Waals surface area contributed by atoms with Crippen molar-refractivity contribution in [2.45, 2.75) is 52.0 Å². The lowest BCUT2D eigenvalue weighted by Crippen LogP contribution is -2.54. The zero-order valence-corrected chi connectivity index (χ0v) is 14.9. The lowest BCUT2D eigenvalue weighted by atomic mass is 9.83. The van der Waals surface area contributed by atoms with Gasteiger partial charge in [-0.1, -0.05) is 35.2 Å². The van der Waals surface area contributed by atoms with Gasteiger partial charge in [0, 0.05) is 35.8 Å². The summed E-state index contributed by atoms with van der Waals surface area (Å²) in [7, 11) is 0. The highest BCUT2D eigenvalue weighted by Gasteiger charge is 2.29. The highest BCUT2D eigenvalue weighted by molar-refractivity contribution is 9.10. The zero-order chi connectivity index (χ0) is 14.8. The summed E-state index contributed by atoms with van der Waals surface area (Å²) >= 11 is 3.61. The second-order valence-electron chi connectivity index (χ2n) is 6.79. The molecule has 1 saturated carbocycles. The third kappa shape index (κ3) is 3.45. The Balaban J connectivity index is 1.76. The zero-order valence-electron chi connectivity index (χ0n) is 13.3. The smallest absolute Gasteiger partial charge is 0.0427 e. The number of aryl methyl sites for hydroxylation is 2. The molecule has 1 saturated heterocycles. The molecule has 0 spiro atoms. The maximum atomic E-state index is 3.79. The van der Waals surface area contributed by atoms with E-state index in [-0.39, 0.29) is 0 Å². The van der Waals surface area contributed by atoms with E-state index in [4.69, 9.17) is 0 Å². The third-order valence-electron chi connectivity index (χ3n) is 5.20.